The minimum atomic E-state index is -0.167. The Morgan fingerprint density at radius 3 is 3.38 bits per heavy atom. The molecule has 2 N–H and O–H groups in total. The van der Waals surface area contributed by atoms with Crippen molar-refractivity contribution in [3.63, 3.8) is 0 Å². The highest BCUT2D eigenvalue weighted by molar-refractivity contribution is 5.74. The van der Waals surface area contributed by atoms with Crippen LogP contribution in [0.15, 0.2) is 6.20 Å². The fraction of sp³-hybridized carbons (Fsp3) is 0.500. The quantitative estimate of drug-likeness (QED) is 0.606. The Morgan fingerprint density at radius 1 is 1.77 bits per heavy atom. The molecule has 1 aliphatic rings. The van der Waals surface area contributed by atoms with Crippen molar-refractivity contribution in [2.24, 2.45) is 5.92 Å². The number of carbonyl (C=O) groups excluding carboxylic acids is 1. The predicted octanol–water partition coefficient (Wildman–Crippen LogP) is 0.167. The van der Waals surface area contributed by atoms with Gasteiger partial charge in [0.25, 0.3) is 0 Å². The highest BCUT2D eigenvalue weighted by Gasteiger charge is 2.25. The fourth-order valence-electron chi connectivity index (χ4n) is 1.52. The molecule has 13 heavy (non-hydrogen) atoms. The third-order valence-corrected chi connectivity index (χ3v) is 2.24. The number of anilines is 1. The molecule has 0 saturated heterocycles. The van der Waals surface area contributed by atoms with E-state index in [1.807, 2.05) is 0 Å². The first kappa shape index (κ1) is 8.10. The lowest BCUT2D eigenvalue weighted by atomic mass is 9.98. The maximum atomic E-state index is 11.2. The van der Waals surface area contributed by atoms with Crippen molar-refractivity contribution in [1.82, 2.24) is 10.2 Å². The summed E-state index contributed by atoms with van der Waals surface area (Å²) in [4.78, 5) is 11.2. The average Bonchev–Trinajstić information content (AvgIpc) is 2.63. The fourth-order valence-corrected chi connectivity index (χ4v) is 1.52. The lowest BCUT2D eigenvalue weighted by Crippen LogP contribution is -2.30. The van der Waals surface area contributed by atoms with Gasteiger partial charge in [0.2, 0.25) is 0 Å². The molecule has 5 heteroatoms. The SMILES string of the molecule is COC(=O)C1CNc2[nH]ncc2C1. The molecule has 0 spiro atoms. The van der Waals surface area contributed by atoms with Gasteiger partial charge in [-0.25, -0.2) is 0 Å². The van der Waals surface area contributed by atoms with E-state index in [9.17, 15) is 4.79 Å². The van der Waals surface area contributed by atoms with E-state index in [1.165, 1.54) is 7.11 Å². The van der Waals surface area contributed by atoms with Crippen molar-refractivity contribution in [2.45, 2.75) is 6.42 Å². The van der Waals surface area contributed by atoms with E-state index in [1.54, 1.807) is 6.20 Å². The summed E-state index contributed by atoms with van der Waals surface area (Å²) >= 11 is 0. The van der Waals surface area contributed by atoms with Crippen LogP contribution in [0, 0.1) is 5.92 Å². The monoisotopic (exact) mass is 181 g/mol. The summed E-state index contributed by atoms with van der Waals surface area (Å²) in [5.74, 6) is 0.662. The Morgan fingerprint density at radius 2 is 2.62 bits per heavy atom. The van der Waals surface area contributed by atoms with Crippen LogP contribution in [0.1, 0.15) is 5.56 Å². The molecule has 1 aromatic rings. The number of nitrogens with one attached hydrogen (secondary N) is 2. The second-order valence-electron chi connectivity index (χ2n) is 3.08. The van der Waals surface area contributed by atoms with Gasteiger partial charge in [0.05, 0.1) is 19.2 Å². The van der Waals surface area contributed by atoms with E-state index < -0.39 is 0 Å². The molecule has 0 aromatic carbocycles. The lowest BCUT2D eigenvalue weighted by molar-refractivity contribution is -0.145. The molecule has 2 rings (SSSR count). The smallest absolute Gasteiger partial charge is 0.310 e. The number of H-pyrrole nitrogens is 1. The first-order valence-electron chi connectivity index (χ1n) is 4.15. The standard InChI is InChI=1S/C8H11N3O2/c1-13-8(12)6-2-5-4-10-11-7(5)9-3-6/h4,6H,2-3H2,1H3,(H2,9,10,11). The van der Waals surface area contributed by atoms with Crippen LogP contribution in [-0.4, -0.2) is 29.8 Å². The molecule has 2 heterocycles. The summed E-state index contributed by atoms with van der Waals surface area (Å²) in [5.41, 5.74) is 1.04. The lowest BCUT2D eigenvalue weighted by Gasteiger charge is -2.20. The number of aromatic amines is 1. The van der Waals surface area contributed by atoms with Crippen LogP contribution < -0.4 is 5.32 Å². The first-order chi connectivity index (χ1) is 6.31. The summed E-state index contributed by atoms with van der Waals surface area (Å²) in [6, 6.07) is 0. The highest BCUT2D eigenvalue weighted by atomic mass is 16.5. The Hall–Kier alpha value is -1.52. The molecule has 0 radical (unpaired) electrons. The molecule has 1 aromatic heterocycles. The first-order valence-corrected chi connectivity index (χ1v) is 4.15. The van der Waals surface area contributed by atoms with Gasteiger partial charge in [-0.05, 0) is 6.42 Å². The molecular weight excluding hydrogens is 170 g/mol. The van der Waals surface area contributed by atoms with E-state index in [-0.39, 0.29) is 11.9 Å². The van der Waals surface area contributed by atoms with Gasteiger partial charge in [0.1, 0.15) is 5.82 Å². The largest absolute Gasteiger partial charge is 0.469 e. The Kier molecular flexibility index (Phi) is 1.92. The van der Waals surface area contributed by atoms with Gasteiger partial charge in [-0.15, -0.1) is 0 Å². The zero-order valence-corrected chi connectivity index (χ0v) is 7.33. The van der Waals surface area contributed by atoms with Gasteiger partial charge in [-0.2, -0.15) is 5.10 Å². The summed E-state index contributed by atoms with van der Waals surface area (Å²) in [5, 5.41) is 9.79. The normalized spacial score (nSPS) is 20.2. The van der Waals surface area contributed by atoms with Crippen molar-refractivity contribution in [2.75, 3.05) is 19.0 Å². The van der Waals surface area contributed by atoms with Gasteiger partial charge in [0.15, 0.2) is 0 Å². The number of nitrogens with zero attached hydrogens (tertiary/aromatic N) is 1. The number of hydrogen-bond donors (Lipinski definition) is 2. The summed E-state index contributed by atoms with van der Waals surface area (Å²) in [6.07, 6.45) is 2.43. The second-order valence-corrected chi connectivity index (χ2v) is 3.08. The zero-order chi connectivity index (χ0) is 9.26. The Bertz CT molecular complexity index is 321. The topological polar surface area (TPSA) is 67.0 Å². The Balaban J connectivity index is 2.13. The predicted molar refractivity (Wildman–Crippen MR) is 46.3 cm³/mol. The molecule has 1 atom stereocenters. The van der Waals surface area contributed by atoms with E-state index in [0.717, 1.165) is 11.4 Å². The van der Waals surface area contributed by atoms with Crippen LogP contribution in [0.2, 0.25) is 0 Å². The molecular formula is C8H11N3O2. The molecule has 0 fully saturated rings. The minimum absolute atomic E-state index is 0.0879. The number of aromatic nitrogens is 2. The van der Waals surface area contributed by atoms with Crippen LogP contribution >= 0.6 is 0 Å². The van der Waals surface area contributed by atoms with Gasteiger partial charge in [0, 0.05) is 12.1 Å². The molecule has 70 valence electrons. The van der Waals surface area contributed by atoms with Crippen molar-refractivity contribution in [3.8, 4) is 0 Å². The van der Waals surface area contributed by atoms with Crippen molar-refractivity contribution < 1.29 is 9.53 Å². The molecule has 0 amide bonds. The van der Waals surface area contributed by atoms with Crippen LogP contribution in [0.3, 0.4) is 0 Å². The number of hydrogen-bond acceptors (Lipinski definition) is 4. The van der Waals surface area contributed by atoms with Gasteiger partial charge in [-0.3, -0.25) is 9.89 Å². The molecule has 0 bridgehead atoms. The number of ether oxygens (including phenoxy) is 1. The van der Waals surface area contributed by atoms with Crippen LogP contribution in [0.25, 0.3) is 0 Å². The van der Waals surface area contributed by atoms with Crippen molar-refractivity contribution in [1.29, 1.82) is 0 Å². The van der Waals surface area contributed by atoms with E-state index in [0.29, 0.717) is 13.0 Å². The van der Waals surface area contributed by atoms with E-state index >= 15 is 0 Å². The Labute approximate surface area is 75.5 Å². The summed E-state index contributed by atoms with van der Waals surface area (Å²) < 4.78 is 4.67. The maximum Gasteiger partial charge on any atom is 0.310 e. The number of rotatable bonds is 1. The van der Waals surface area contributed by atoms with Crippen LogP contribution in [-0.2, 0) is 16.0 Å². The van der Waals surface area contributed by atoms with Crippen LogP contribution in [0.4, 0.5) is 5.82 Å². The van der Waals surface area contributed by atoms with Crippen LogP contribution in [0.5, 0.6) is 0 Å². The third kappa shape index (κ3) is 1.37. The van der Waals surface area contributed by atoms with E-state index in [2.05, 4.69) is 20.3 Å². The molecule has 0 saturated carbocycles. The van der Waals surface area contributed by atoms with Crippen molar-refractivity contribution in [3.05, 3.63) is 11.8 Å². The second kappa shape index (κ2) is 3.08. The third-order valence-electron chi connectivity index (χ3n) is 2.24. The summed E-state index contributed by atoms with van der Waals surface area (Å²) in [6.45, 7) is 0.613. The summed E-state index contributed by atoms with van der Waals surface area (Å²) in [7, 11) is 1.41. The molecule has 0 aliphatic carbocycles. The molecule has 1 aliphatic heterocycles. The molecule has 1 unspecified atom stereocenters. The maximum absolute atomic E-state index is 11.2. The average molecular weight is 181 g/mol. The number of carbonyl (C=O) groups is 1. The highest BCUT2D eigenvalue weighted by Crippen LogP contribution is 2.22. The molecule has 5 nitrogen and oxygen atoms in total. The van der Waals surface area contributed by atoms with Gasteiger partial charge in [-0.1, -0.05) is 0 Å². The van der Waals surface area contributed by atoms with E-state index in [4.69, 9.17) is 0 Å². The number of methoxy groups -OCH3 is 1. The van der Waals surface area contributed by atoms with Crippen molar-refractivity contribution >= 4 is 11.8 Å². The van der Waals surface area contributed by atoms with Gasteiger partial charge >= 0.3 is 5.97 Å². The van der Waals surface area contributed by atoms with Gasteiger partial charge < -0.3 is 10.1 Å². The number of esters is 1. The zero-order valence-electron chi connectivity index (χ0n) is 7.33. The minimum Gasteiger partial charge on any atom is -0.469 e. The number of fused-ring (bicyclic) bond motifs is 1.